The van der Waals surface area contributed by atoms with Crippen LogP contribution in [0.5, 0.6) is 5.75 Å². The predicted molar refractivity (Wildman–Crippen MR) is 104 cm³/mol. The highest BCUT2D eigenvalue weighted by Gasteiger charge is 2.41. The van der Waals surface area contributed by atoms with E-state index in [1.807, 2.05) is 30.5 Å². The molecule has 2 aromatic rings. The normalized spacial score (nSPS) is 21.9. The van der Waals surface area contributed by atoms with Gasteiger partial charge in [0.1, 0.15) is 5.75 Å². The number of aromatic nitrogens is 1. The SMILES string of the molecule is CCc1ccc(CCOc2ccc([C@H]3CO[C@@](C)(C(=O)OC)OC3)cc2)nc1. The lowest BCUT2D eigenvalue weighted by Gasteiger charge is -2.35. The molecule has 1 aromatic heterocycles. The summed E-state index contributed by atoms with van der Waals surface area (Å²) in [6, 6.07) is 12.0. The topological polar surface area (TPSA) is 66.9 Å². The average molecular weight is 385 g/mol. The summed E-state index contributed by atoms with van der Waals surface area (Å²) in [5, 5.41) is 0. The molecule has 1 aromatic carbocycles. The molecule has 0 amide bonds. The zero-order valence-electron chi connectivity index (χ0n) is 16.6. The second kappa shape index (κ2) is 9.17. The molecule has 1 fully saturated rings. The maximum absolute atomic E-state index is 11.7. The van der Waals surface area contributed by atoms with Crippen LogP contribution in [-0.4, -0.2) is 43.7 Å². The number of nitrogens with zero attached hydrogens (tertiary/aromatic N) is 1. The van der Waals surface area contributed by atoms with E-state index in [1.54, 1.807) is 6.92 Å². The highest BCUT2D eigenvalue weighted by atomic mass is 16.7. The average Bonchev–Trinajstić information content (AvgIpc) is 2.75. The Kier molecular flexibility index (Phi) is 6.65. The van der Waals surface area contributed by atoms with Crippen molar-refractivity contribution in [1.29, 1.82) is 0 Å². The van der Waals surface area contributed by atoms with Crippen LogP contribution in [0.1, 0.15) is 36.6 Å². The smallest absolute Gasteiger partial charge is 0.366 e. The molecule has 2 heterocycles. The molecule has 0 bridgehead atoms. The third-order valence-electron chi connectivity index (χ3n) is 4.95. The lowest BCUT2D eigenvalue weighted by atomic mass is 9.99. The first-order chi connectivity index (χ1) is 13.5. The fourth-order valence-electron chi connectivity index (χ4n) is 3.03. The van der Waals surface area contributed by atoms with Crippen LogP contribution in [0.15, 0.2) is 42.6 Å². The summed E-state index contributed by atoms with van der Waals surface area (Å²) < 4.78 is 21.8. The third-order valence-corrected chi connectivity index (χ3v) is 4.95. The molecule has 0 spiro atoms. The number of carbonyl (C=O) groups is 1. The Labute approximate surface area is 165 Å². The molecule has 6 nitrogen and oxygen atoms in total. The summed E-state index contributed by atoms with van der Waals surface area (Å²) in [6.45, 7) is 5.06. The lowest BCUT2D eigenvalue weighted by molar-refractivity contribution is -0.264. The molecule has 3 rings (SSSR count). The van der Waals surface area contributed by atoms with Crippen molar-refractivity contribution in [2.45, 2.75) is 38.4 Å². The van der Waals surface area contributed by atoms with Gasteiger partial charge in [0.2, 0.25) is 0 Å². The molecular weight excluding hydrogens is 358 g/mol. The Morgan fingerprint density at radius 3 is 2.46 bits per heavy atom. The molecule has 0 saturated carbocycles. The van der Waals surface area contributed by atoms with Gasteiger partial charge in [0.25, 0.3) is 5.79 Å². The molecule has 0 unspecified atom stereocenters. The van der Waals surface area contributed by atoms with E-state index in [4.69, 9.17) is 18.9 Å². The standard InChI is InChI=1S/C22H27NO5/c1-4-16-5-8-19(23-13-16)11-12-26-20-9-6-17(7-10-20)18-14-27-22(2,28-15-18)21(24)25-3/h5-10,13,18H,4,11-12,14-15H2,1-3H3/t18-,22+. The zero-order chi connectivity index (χ0) is 20.0. The first kappa shape index (κ1) is 20.3. The van der Waals surface area contributed by atoms with E-state index in [0.717, 1.165) is 29.8 Å². The number of rotatable bonds is 7. The predicted octanol–water partition coefficient (Wildman–Crippen LogP) is 3.29. The number of carbonyl (C=O) groups excluding carboxylic acids is 1. The molecule has 1 aliphatic rings. The van der Waals surface area contributed by atoms with Crippen molar-refractivity contribution in [2.24, 2.45) is 0 Å². The van der Waals surface area contributed by atoms with Gasteiger partial charge >= 0.3 is 5.97 Å². The molecule has 6 heteroatoms. The Morgan fingerprint density at radius 2 is 1.89 bits per heavy atom. The van der Waals surface area contributed by atoms with Crippen molar-refractivity contribution in [3.8, 4) is 5.75 Å². The number of pyridine rings is 1. The molecule has 0 radical (unpaired) electrons. The lowest BCUT2D eigenvalue weighted by Crippen LogP contribution is -2.47. The minimum Gasteiger partial charge on any atom is -0.493 e. The van der Waals surface area contributed by atoms with E-state index in [9.17, 15) is 4.79 Å². The van der Waals surface area contributed by atoms with Crippen LogP contribution in [0.4, 0.5) is 0 Å². The van der Waals surface area contributed by atoms with Crippen molar-refractivity contribution in [3.05, 3.63) is 59.4 Å². The van der Waals surface area contributed by atoms with Crippen LogP contribution in [0, 0.1) is 0 Å². The molecule has 1 aliphatic heterocycles. The molecule has 150 valence electrons. The summed E-state index contributed by atoms with van der Waals surface area (Å²) in [5.74, 6) is -0.968. The summed E-state index contributed by atoms with van der Waals surface area (Å²) in [5.41, 5.74) is 3.35. The minimum absolute atomic E-state index is 0.0630. The van der Waals surface area contributed by atoms with Gasteiger partial charge in [-0.15, -0.1) is 0 Å². The summed E-state index contributed by atoms with van der Waals surface area (Å²) in [4.78, 5) is 16.2. The molecule has 0 N–H and O–H groups in total. The van der Waals surface area contributed by atoms with Crippen LogP contribution in [-0.2, 0) is 31.8 Å². The van der Waals surface area contributed by atoms with Crippen LogP contribution in [0.2, 0.25) is 0 Å². The van der Waals surface area contributed by atoms with E-state index in [0.29, 0.717) is 19.8 Å². The molecule has 1 saturated heterocycles. The molecular formula is C22H27NO5. The maximum Gasteiger partial charge on any atom is 0.366 e. The van der Waals surface area contributed by atoms with Gasteiger partial charge in [-0.1, -0.05) is 25.1 Å². The van der Waals surface area contributed by atoms with Gasteiger partial charge in [-0.25, -0.2) is 4.79 Å². The molecule has 0 atom stereocenters. The third kappa shape index (κ3) is 4.88. The monoisotopic (exact) mass is 385 g/mol. The van der Waals surface area contributed by atoms with Crippen LogP contribution in [0.3, 0.4) is 0 Å². The summed E-state index contributed by atoms with van der Waals surface area (Å²) >= 11 is 0. The van der Waals surface area contributed by atoms with Crippen molar-refractivity contribution < 1.29 is 23.7 Å². The second-order valence-electron chi connectivity index (χ2n) is 6.94. The van der Waals surface area contributed by atoms with Crippen molar-refractivity contribution >= 4 is 5.97 Å². The molecule has 0 aliphatic carbocycles. The van der Waals surface area contributed by atoms with E-state index in [-0.39, 0.29) is 5.92 Å². The summed E-state index contributed by atoms with van der Waals surface area (Å²) in [6.07, 6.45) is 3.68. The number of methoxy groups -OCH3 is 1. The van der Waals surface area contributed by atoms with Gasteiger partial charge in [-0.05, 0) is 35.7 Å². The quantitative estimate of drug-likeness (QED) is 0.682. The number of hydrogen-bond acceptors (Lipinski definition) is 6. The Bertz CT molecular complexity index is 765. The van der Waals surface area contributed by atoms with E-state index in [1.165, 1.54) is 12.7 Å². The number of esters is 1. The fraction of sp³-hybridized carbons (Fsp3) is 0.455. The Morgan fingerprint density at radius 1 is 1.18 bits per heavy atom. The van der Waals surface area contributed by atoms with Gasteiger partial charge in [0, 0.05) is 31.2 Å². The number of aryl methyl sites for hydroxylation is 1. The first-order valence-corrected chi connectivity index (χ1v) is 9.57. The second-order valence-corrected chi connectivity index (χ2v) is 6.94. The van der Waals surface area contributed by atoms with Crippen molar-refractivity contribution in [2.75, 3.05) is 26.9 Å². The number of ether oxygens (including phenoxy) is 4. The number of hydrogen-bond donors (Lipinski definition) is 0. The first-order valence-electron chi connectivity index (χ1n) is 9.57. The van der Waals surface area contributed by atoms with Crippen molar-refractivity contribution in [1.82, 2.24) is 4.98 Å². The van der Waals surface area contributed by atoms with Gasteiger partial charge in [0.05, 0.1) is 26.9 Å². The van der Waals surface area contributed by atoms with Gasteiger partial charge in [-0.3, -0.25) is 4.98 Å². The van der Waals surface area contributed by atoms with Crippen LogP contribution < -0.4 is 4.74 Å². The fourth-order valence-corrected chi connectivity index (χ4v) is 3.03. The van der Waals surface area contributed by atoms with E-state index in [2.05, 4.69) is 24.0 Å². The summed E-state index contributed by atoms with van der Waals surface area (Å²) in [7, 11) is 1.32. The highest BCUT2D eigenvalue weighted by molar-refractivity contribution is 5.77. The van der Waals surface area contributed by atoms with Gasteiger partial charge in [-0.2, -0.15) is 0 Å². The van der Waals surface area contributed by atoms with E-state index < -0.39 is 11.8 Å². The maximum atomic E-state index is 11.7. The van der Waals surface area contributed by atoms with Crippen molar-refractivity contribution in [3.63, 3.8) is 0 Å². The van der Waals surface area contributed by atoms with Crippen LogP contribution in [0.25, 0.3) is 0 Å². The Hall–Kier alpha value is -2.44. The molecule has 28 heavy (non-hydrogen) atoms. The number of benzene rings is 1. The Balaban J connectivity index is 1.48. The minimum atomic E-state index is -1.32. The largest absolute Gasteiger partial charge is 0.493 e. The van der Waals surface area contributed by atoms with Gasteiger partial charge in [0.15, 0.2) is 0 Å². The van der Waals surface area contributed by atoms with Gasteiger partial charge < -0.3 is 18.9 Å². The highest BCUT2D eigenvalue weighted by Crippen LogP contribution is 2.29. The van der Waals surface area contributed by atoms with Crippen LogP contribution >= 0.6 is 0 Å². The zero-order valence-corrected chi connectivity index (χ0v) is 16.6. The van der Waals surface area contributed by atoms with E-state index >= 15 is 0 Å².